The first kappa shape index (κ1) is 13.2. The van der Waals surface area contributed by atoms with Crippen LogP contribution in [-0.4, -0.2) is 11.1 Å². The number of rotatable bonds is 3. The number of benzene rings is 2. The normalized spacial score (nSPS) is 11.3. The molecule has 1 N–H and O–H groups in total. The summed E-state index contributed by atoms with van der Waals surface area (Å²) in [5, 5.41) is 8.75. The van der Waals surface area contributed by atoms with Gasteiger partial charge in [-0.1, -0.05) is 36.4 Å². The Morgan fingerprint density at radius 3 is 2.16 bits per heavy atom. The summed E-state index contributed by atoms with van der Waals surface area (Å²) in [6.45, 7) is 1.62. The second kappa shape index (κ2) is 4.80. The molecule has 0 amide bonds. The van der Waals surface area contributed by atoms with Crippen LogP contribution in [0.1, 0.15) is 27.0 Å². The number of hydrogen-bond donors (Lipinski definition) is 1. The molecule has 2 nitrogen and oxygen atoms in total. The van der Waals surface area contributed by atoms with Crippen molar-refractivity contribution in [1.29, 1.82) is 0 Å². The van der Waals surface area contributed by atoms with Crippen molar-refractivity contribution in [2.45, 2.75) is 12.8 Å². The molecule has 0 atom stereocenters. The second-order valence-corrected chi connectivity index (χ2v) is 4.27. The fourth-order valence-corrected chi connectivity index (χ4v) is 1.90. The van der Waals surface area contributed by atoms with Crippen LogP contribution >= 0.6 is 0 Å². The van der Waals surface area contributed by atoms with Crippen molar-refractivity contribution in [3.63, 3.8) is 0 Å². The summed E-state index contributed by atoms with van der Waals surface area (Å²) in [7, 11) is 0. The third kappa shape index (κ3) is 2.47. The average molecular weight is 262 g/mol. The molecule has 2 rings (SSSR count). The molecule has 98 valence electrons. The molecule has 0 unspecified atom stereocenters. The van der Waals surface area contributed by atoms with Gasteiger partial charge in [-0.2, -0.15) is 8.78 Å². The number of halogens is 2. The zero-order valence-electron chi connectivity index (χ0n) is 10.2. The minimum absolute atomic E-state index is 0.00988. The van der Waals surface area contributed by atoms with E-state index in [0.717, 1.165) is 12.1 Å². The van der Waals surface area contributed by atoms with E-state index in [1.54, 1.807) is 25.1 Å². The molecule has 0 saturated carbocycles. The largest absolute Gasteiger partial charge is 0.478 e. The number of alkyl halides is 2. The van der Waals surface area contributed by atoms with Crippen molar-refractivity contribution in [3.8, 4) is 0 Å². The second-order valence-electron chi connectivity index (χ2n) is 4.27. The van der Waals surface area contributed by atoms with Gasteiger partial charge in [-0.05, 0) is 24.6 Å². The van der Waals surface area contributed by atoms with Gasteiger partial charge < -0.3 is 5.11 Å². The Bertz CT molecular complexity index is 604. The number of hydrogen-bond acceptors (Lipinski definition) is 1. The molecule has 0 aliphatic heterocycles. The molecule has 0 spiro atoms. The number of carbonyl (C=O) groups is 1. The van der Waals surface area contributed by atoms with Crippen LogP contribution in [0.25, 0.3) is 0 Å². The molecule has 0 aliphatic carbocycles. The molecule has 0 heterocycles. The van der Waals surface area contributed by atoms with Crippen LogP contribution in [0.5, 0.6) is 0 Å². The quantitative estimate of drug-likeness (QED) is 0.912. The molecule has 19 heavy (non-hydrogen) atoms. The van der Waals surface area contributed by atoms with Crippen molar-refractivity contribution in [2.24, 2.45) is 0 Å². The van der Waals surface area contributed by atoms with Gasteiger partial charge in [-0.25, -0.2) is 4.79 Å². The van der Waals surface area contributed by atoms with E-state index >= 15 is 0 Å². The predicted molar refractivity (Wildman–Crippen MR) is 67.6 cm³/mol. The van der Waals surface area contributed by atoms with Crippen molar-refractivity contribution in [3.05, 3.63) is 70.8 Å². The monoisotopic (exact) mass is 262 g/mol. The van der Waals surface area contributed by atoms with Gasteiger partial charge in [0.1, 0.15) is 0 Å². The zero-order chi connectivity index (χ0) is 14.0. The van der Waals surface area contributed by atoms with Gasteiger partial charge in [0.2, 0.25) is 0 Å². The molecule has 0 bridgehead atoms. The fourth-order valence-electron chi connectivity index (χ4n) is 1.90. The minimum Gasteiger partial charge on any atom is -0.478 e. The van der Waals surface area contributed by atoms with E-state index in [0.29, 0.717) is 5.56 Å². The highest BCUT2D eigenvalue weighted by Crippen LogP contribution is 2.37. The summed E-state index contributed by atoms with van der Waals surface area (Å²) in [6, 6.07) is 10.9. The van der Waals surface area contributed by atoms with Crippen LogP contribution in [0.2, 0.25) is 0 Å². The number of aromatic carboxylic acids is 1. The van der Waals surface area contributed by atoms with E-state index in [9.17, 15) is 13.6 Å². The van der Waals surface area contributed by atoms with Gasteiger partial charge in [0.05, 0.1) is 5.56 Å². The molecule has 4 heteroatoms. The SMILES string of the molecule is Cc1ccccc1C(F)(F)c1ccc(C(=O)O)cc1. The Hall–Kier alpha value is -2.23. The lowest BCUT2D eigenvalue weighted by Crippen LogP contribution is -2.16. The Kier molecular flexibility index (Phi) is 3.34. The standard InChI is InChI=1S/C15H12F2O2/c1-10-4-2-3-5-13(10)15(16,17)12-8-6-11(7-9-12)14(18)19/h2-9H,1H3,(H,18,19). The lowest BCUT2D eigenvalue weighted by atomic mass is 9.96. The van der Waals surface area contributed by atoms with Crippen LogP contribution < -0.4 is 0 Å². The molecular weight excluding hydrogens is 250 g/mol. The number of carboxylic acids is 1. The third-order valence-electron chi connectivity index (χ3n) is 2.98. The Morgan fingerprint density at radius 1 is 1.05 bits per heavy atom. The molecule has 0 radical (unpaired) electrons. The van der Waals surface area contributed by atoms with E-state index in [-0.39, 0.29) is 16.7 Å². The van der Waals surface area contributed by atoms with Gasteiger partial charge in [0.25, 0.3) is 5.92 Å². The van der Waals surface area contributed by atoms with E-state index in [1.165, 1.54) is 18.2 Å². The lowest BCUT2D eigenvalue weighted by molar-refractivity contribution is 0.0420. The maximum absolute atomic E-state index is 14.3. The van der Waals surface area contributed by atoms with E-state index in [4.69, 9.17) is 5.11 Å². The lowest BCUT2D eigenvalue weighted by Gasteiger charge is -2.19. The molecule has 2 aromatic rings. The Balaban J connectivity index is 2.45. The van der Waals surface area contributed by atoms with Gasteiger partial charge in [-0.3, -0.25) is 0 Å². The number of carboxylic acid groups (broad SMARTS) is 1. The first-order valence-corrected chi connectivity index (χ1v) is 5.70. The molecule has 0 saturated heterocycles. The Morgan fingerprint density at radius 2 is 1.63 bits per heavy atom. The fraction of sp³-hybridized carbons (Fsp3) is 0.133. The number of aryl methyl sites for hydroxylation is 1. The third-order valence-corrected chi connectivity index (χ3v) is 2.98. The summed E-state index contributed by atoms with van der Waals surface area (Å²) in [5.74, 6) is -4.27. The molecule has 0 aromatic heterocycles. The van der Waals surface area contributed by atoms with Crippen molar-refractivity contribution >= 4 is 5.97 Å². The van der Waals surface area contributed by atoms with Gasteiger partial charge in [-0.15, -0.1) is 0 Å². The molecule has 2 aromatic carbocycles. The minimum atomic E-state index is -3.14. The van der Waals surface area contributed by atoms with Gasteiger partial charge in [0.15, 0.2) is 0 Å². The highest BCUT2D eigenvalue weighted by Gasteiger charge is 2.35. The smallest absolute Gasteiger partial charge is 0.335 e. The maximum atomic E-state index is 14.3. The highest BCUT2D eigenvalue weighted by atomic mass is 19.3. The summed E-state index contributed by atoms with van der Waals surface area (Å²) >= 11 is 0. The topological polar surface area (TPSA) is 37.3 Å². The highest BCUT2D eigenvalue weighted by molar-refractivity contribution is 5.87. The van der Waals surface area contributed by atoms with Crippen LogP contribution in [0.15, 0.2) is 48.5 Å². The average Bonchev–Trinajstić information content (AvgIpc) is 2.39. The van der Waals surface area contributed by atoms with Crippen molar-refractivity contribution < 1.29 is 18.7 Å². The van der Waals surface area contributed by atoms with Crippen LogP contribution in [-0.2, 0) is 5.92 Å². The first-order valence-electron chi connectivity index (χ1n) is 5.70. The summed E-state index contributed by atoms with van der Waals surface area (Å²) in [6.07, 6.45) is 0. The zero-order valence-corrected chi connectivity index (χ0v) is 10.2. The summed E-state index contributed by atoms with van der Waals surface area (Å²) in [4.78, 5) is 10.7. The summed E-state index contributed by atoms with van der Waals surface area (Å²) < 4.78 is 28.7. The van der Waals surface area contributed by atoms with E-state index < -0.39 is 11.9 Å². The van der Waals surface area contributed by atoms with Crippen LogP contribution in [0.3, 0.4) is 0 Å². The predicted octanol–water partition coefficient (Wildman–Crippen LogP) is 3.83. The van der Waals surface area contributed by atoms with Gasteiger partial charge in [0, 0.05) is 11.1 Å². The first-order chi connectivity index (χ1) is 8.93. The maximum Gasteiger partial charge on any atom is 0.335 e. The molecule has 0 fully saturated rings. The Labute approximate surface area is 109 Å². The van der Waals surface area contributed by atoms with Crippen molar-refractivity contribution in [2.75, 3.05) is 0 Å². The molecular formula is C15H12F2O2. The summed E-state index contributed by atoms with van der Waals surface area (Å²) in [5.41, 5.74) is 0.198. The van der Waals surface area contributed by atoms with Gasteiger partial charge >= 0.3 is 5.97 Å². The van der Waals surface area contributed by atoms with E-state index in [2.05, 4.69) is 0 Å². The van der Waals surface area contributed by atoms with E-state index in [1.807, 2.05) is 0 Å². The molecule has 0 aliphatic rings. The van der Waals surface area contributed by atoms with Crippen molar-refractivity contribution in [1.82, 2.24) is 0 Å². The van der Waals surface area contributed by atoms with Crippen LogP contribution in [0.4, 0.5) is 8.78 Å². The van der Waals surface area contributed by atoms with Crippen LogP contribution in [0, 0.1) is 6.92 Å².